The quantitative estimate of drug-likeness (QED) is 0.557. The summed E-state index contributed by atoms with van der Waals surface area (Å²) < 4.78 is 0. The fraction of sp³-hybridized carbons (Fsp3) is 0.250. The molecule has 1 aromatic heterocycles. The summed E-state index contributed by atoms with van der Waals surface area (Å²) in [6.45, 7) is 2.89. The van der Waals surface area contributed by atoms with Gasteiger partial charge in [-0.05, 0) is 42.7 Å². The Kier molecular flexibility index (Phi) is 6.23. The maximum atomic E-state index is 13.4. The molecule has 0 radical (unpaired) electrons. The number of aromatic nitrogens is 1. The van der Waals surface area contributed by atoms with Crippen molar-refractivity contribution >= 4 is 23.2 Å². The molecule has 1 amide bonds. The van der Waals surface area contributed by atoms with Gasteiger partial charge in [-0.2, -0.15) is 0 Å². The maximum Gasteiger partial charge on any atom is 0.260 e. The fourth-order valence-corrected chi connectivity index (χ4v) is 4.01. The van der Waals surface area contributed by atoms with Gasteiger partial charge in [-0.1, -0.05) is 60.1 Å². The molecule has 2 aromatic carbocycles. The number of nitrogens with zero attached hydrogens (tertiary/aromatic N) is 3. The number of anilines is 1. The van der Waals surface area contributed by atoms with E-state index in [4.69, 9.17) is 11.6 Å². The molecule has 1 fully saturated rings. The number of likely N-dealkylation sites (tertiary alicyclic amines) is 1. The summed E-state index contributed by atoms with van der Waals surface area (Å²) in [5.74, 6) is -0.0260. The van der Waals surface area contributed by atoms with Crippen molar-refractivity contribution in [1.82, 2.24) is 9.88 Å². The molecule has 0 N–H and O–H groups in total. The van der Waals surface area contributed by atoms with Gasteiger partial charge in [0.05, 0.1) is 5.56 Å². The minimum Gasteiger partial charge on any atom is -0.305 e. The number of hydrogen-bond donors (Lipinski definition) is 0. The summed E-state index contributed by atoms with van der Waals surface area (Å²) in [5.41, 5.74) is 2.81. The molecule has 4 nitrogen and oxygen atoms in total. The first-order valence-electron chi connectivity index (χ1n) is 9.97. The molecule has 0 aliphatic carbocycles. The van der Waals surface area contributed by atoms with E-state index in [2.05, 4.69) is 34.1 Å². The molecule has 0 saturated carbocycles. The van der Waals surface area contributed by atoms with E-state index >= 15 is 0 Å². The molecule has 0 atom stereocenters. The van der Waals surface area contributed by atoms with Crippen LogP contribution in [0, 0.1) is 0 Å². The second-order valence-corrected chi connectivity index (χ2v) is 7.76. The highest BCUT2D eigenvalue weighted by Gasteiger charge is 2.30. The maximum absolute atomic E-state index is 13.4. The molecule has 0 spiro atoms. The SMILES string of the molecule is O=C(c1ccc(Cl)nc1)N(c1ccccc1)C1CCN(Cc2ccccc2)CC1. The van der Waals surface area contributed by atoms with Crippen molar-refractivity contribution in [2.75, 3.05) is 18.0 Å². The molecule has 3 aromatic rings. The Morgan fingerprint density at radius 3 is 2.24 bits per heavy atom. The topological polar surface area (TPSA) is 36.4 Å². The predicted octanol–water partition coefficient (Wildman–Crippen LogP) is 5.05. The summed E-state index contributed by atoms with van der Waals surface area (Å²) in [6, 6.07) is 24.0. The van der Waals surface area contributed by atoms with E-state index in [1.165, 1.54) is 5.56 Å². The van der Waals surface area contributed by atoms with E-state index in [1.54, 1.807) is 18.3 Å². The molecule has 0 bridgehead atoms. The van der Waals surface area contributed by atoms with Gasteiger partial charge in [0.15, 0.2) is 0 Å². The Morgan fingerprint density at radius 2 is 1.62 bits per heavy atom. The zero-order chi connectivity index (χ0) is 20.1. The minimum absolute atomic E-state index is 0.0260. The van der Waals surface area contributed by atoms with Crippen LogP contribution in [0.1, 0.15) is 28.8 Å². The summed E-state index contributed by atoms with van der Waals surface area (Å²) in [5, 5.41) is 0.391. The number of hydrogen-bond acceptors (Lipinski definition) is 3. The van der Waals surface area contributed by atoms with Crippen molar-refractivity contribution in [1.29, 1.82) is 0 Å². The highest BCUT2D eigenvalue weighted by atomic mass is 35.5. The first kappa shape index (κ1) is 19.6. The first-order valence-corrected chi connectivity index (χ1v) is 10.3. The number of para-hydroxylation sites is 1. The Balaban J connectivity index is 1.50. The van der Waals surface area contributed by atoms with E-state index in [1.807, 2.05) is 41.3 Å². The number of carbonyl (C=O) groups is 1. The average Bonchev–Trinajstić information content (AvgIpc) is 2.77. The molecule has 0 unspecified atom stereocenters. The first-order chi connectivity index (χ1) is 14.2. The lowest BCUT2D eigenvalue weighted by molar-refractivity contribution is 0.0958. The lowest BCUT2D eigenvalue weighted by Crippen LogP contribution is -2.47. The summed E-state index contributed by atoms with van der Waals surface area (Å²) in [7, 11) is 0. The van der Waals surface area contributed by atoms with Crippen molar-refractivity contribution in [3.8, 4) is 0 Å². The van der Waals surface area contributed by atoms with Gasteiger partial charge < -0.3 is 4.90 Å². The van der Waals surface area contributed by atoms with Gasteiger partial charge in [-0.3, -0.25) is 9.69 Å². The minimum atomic E-state index is -0.0260. The molecule has 148 valence electrons. The van der Waals surface area contributed by atoms with Crippen LogP contribution in [0.4, 0.5) is 5.69 Å². The van der Waals surface area contributed by atoms with Crippen molar-refractivity contribution in [2.24, 2.45) is 0 Å². The molecular weight excluding hydrogens is 382 g/mol. The molecule has 4 rings (SSSR count). The molecule has 2 heterocycles. The van der Waals surface area contributed by atoms with Gasteiger partial charge in [-0.15, -0.1) is 0 Å². The Bertz CT molecular complexity index is 923. The van der Waals surface area contributed by atoms with Crippen molar-refractivity contribution in [3.63, 3.8) is 0 Å². The van der Waals surface area contributed by atoms with E-state index in [-0.39, 0.29) is 11.9 Å². The lowest BCUT2D eigenvalue weighted by Gasteiger charge is -2.38. The summed E-state index contributed by atoms with van der Waals surface area (Å²) in [4.78, 5) is 21.8. The monoisotopic (exact) mass is 405 g/mol. The molecule has 1 aliphatic rings. The van der Waals surface area contributed by atoms with Crippen LogP contribution >= 0.6 is 11.6 Å². The number of pyridine rings is 1. The lowest BCUT2D eigenvalue weighted by atomic mass is 10.0. The number of rotatable bonds is 5. The third-order valence-electron chi connectivity index (χ3n) is 5.40. The zero-order valence-electron chi connectivity index (χ0n) is 16.2. The van der Waals surface area contributed by atoms with E-state index < -0.39 is 0 Å². The van der Waals surface area contributed by atoms with Crippen LogP contribution in [0.15, 0.2) is 79.0 Å². The summed E-state index contributed by atoms with van der Waals surface area (Å²) in [6.07, 6.45) is 3.44. The standard InChI is InChI=1S/C24H24ClN3O/c25-23-12-11-20(17-26-23)24(29)28(21-9-5-2-6-10-21)22-13-15-27(16-14-22)18-19-7-3-1-4-8-19/h1-12,17,22H,13-16,18H2. The molecule has 1 saturated heterocycles. The molecular formula is C24H24ClN3O. The van der Waals surface area contributed by atoms with Crippen LogP contribution in [-0.2, 0) is 6.54 Å². The van der Waals surface area contributed by atoms with Crippen LogP contribution in [-0.4, -0.2) is 34.9 Å². The Morgan fingerprint density at radius 1 is 0.966 bits per heavy atom. The van der Waals surface area contributed by atoms with Crippen LogP contribution in [0.5, 0.6) is 0 Å². The van der Waals surface area contributed by atoms with Crippen molar-refractivity contribution in [2.45, 2.75) is 25.4 Å². The van der Waals surface area contributed by atoms with Gasteiger partial charge >= 0.3 is 0 Å². The second-order valence-electron chi connectivity index (χ2n) is 7.37. The number of carbonyl (C=O) groups excluding carboxylic acids is 1. The average molecular weight is 406 g/mol. The second kappa shape index (κ2) is 9.21. The van der Waals surface area contributed by atoms with Crippen molar-refractivity contribution in [3.05, 3.63) is 95.3 Å². The largest absolute Gasteiger partial charge is 0.305 e. The van der Waals surface area contributed by atoms with Gasteiger partial charge in [-0.25, -0.2) is 4.98 Å². The van der Waals surface area contributed by atoms with Gasteiger partial charge in [0.1, 0.15) is 5.15 Å². The van der Waals surface area contributed by atoms with Crippen LogP contribution in [0.25, 0.3) is 0 Å². The predicted molar refractivity (Wildman–Crippen MR) is 117 cm³/mol. The van der Waals surface area contributed by atoms with E-state index in [0.29, 0.717) is 10.7 Å². The van der Waals surface area contributed by atoms with E-state index in [9.17, 15) is 4.79 Å². The normalized spacial score (nSPS) is 15.2. The third kappa shape index (κ3) is 4.84. The smallest absolute Gasteiger partial charge is 0.260 e. The van der Waals surface area contributed by atoms with Crippen molar-refractivity contribution < 1.29 is 4.79 Å². The van der Waals surface area contributed by atoms with Gasteiger partial charge in [0.25, 0.3) is 5.91 Å². The Hall–Kier alpha value is -2.69. The number of halogens is 1. The number of benzene rings is 2. The van der Waals surface area contributed by atoms with E-state index in [0.717, 1.165) is 38.2 Å². The van der Waals surface area contributed by atoms with Gasteiger partial charge in [0.2, 0.25) is 0 Å². The zero-order valence-corrected chi connectivity index (χ0v) is 17.0. The molecule has 1 aliphatic heterocycles. The highest BCUT2D eigenvalue weighted by Crippen LogP contribution is 2.26. The molecule has 5 heteroatoms. The summed E-state index contributed by atoms with van der Waals surface area (Å²) >= 11 is 5.90. The molecule has 29 heavy (non-hydrogen) atoms. The third-order valence-corrected chi connectivity index (χ3v) is 5.62. The number of amides is 1. The van der Waals surface area contributed by atoms with Gasteiger partial charge in [0, 0.05) is 37.6 Å². The number of piperidine rings is 1. The van der Waals surface area contributed by atoms with Crippen LogP contribution in [0.2, 0.25) is 5.15 Å². The van der Waals surface area contributed by atoms with Crippen LogP contribution < -0.4 is 4.90 Å². The fourth-order valence-electron chi connectivity index (χ4n) is 3.90. The van der Waals surface area contributed by atoms with Crippen LogP contribution in [0.3, 0.4) is 0 Å². The Labute approximate surface area is 176 Å². The highest BCUT2D eigenvalue weighted by molar-refractivity contribution is 6.29.